The maximum Gasteiger partial charge on any atom is 0.245 e. The van der Waals surface area contributed by atoms with Crippen molar-refractivity contribution < 1.29 is 8.42 Å². The Bertz CT molecular complexity index is 966. The van der Waals surface area contributed by atoms with Crippen molar-refractivity contribution in [3.63, 3.8) is 0 Å². The van der Waals surface area contributed by atoms with Crippen molar-refractivity contribution in [1.29, 1.82) is 0 Å². The van der Waals surface area contributed by atoms with Crippen molar-refractivity contribution in [1.82, 2.24) is 22.9 Å². The lowest BCUT2D eigenvalue weighted by molar-refractivity contribution is 0.181. The smallest absolute Gasteiger partial charge is 0.245 e. The second kappa shape index (κ2) is 6.75. The molecular weight excluding hydrogens is 358 g/mol. The topological polar surface area (TPSA) is 79.3 Å². The molecule has 1 saturated heterocycles. The first kappa shape index (κ1) is 16.5. The number of hydrogen-bond donors (Lipinski definition) is 0. The van der Waals surface area contributed by atoms with Crippen LogP contribution >= 0.6 is 11.7 Å². The van der Waals surface area contributed by atoms with E-state index in [9.17, 15) is 8.42 Å². The van der Waals surface area contributed by atoms with E-state index in [-0.39, 0.29) is 4.90 Å². The molecule has 3 heterocycles. The molecule has 0 unspecified atom stereocenters. The minimum absolute atomic E-state index is 0.249. The molecule has 2 aromatic heterocycles. The van der Waals surface area contributed by atoms with Gasteiger partial charge < -0.3 is 0 Å². The van der Waals surface area contributed by atoms with Crippen LogP contribution in [0.1, 0.15) is 5.56 Å². The van der Waals surface area contributed by atoms with E-state index in [0.717, 1.165) is 23.8 Å². The van der Waals surface area contributed by atoms with E-state index in [2.05, 4.69) is 18.6 Å². The van der Waals surface area contributed by atoms with Crippen LogP contribution in [0.4, 0.5) is 0 Å². The summed E-state index contributed by atoms with van der Waals surface area (Å²) in [6.07, 6.45) is 3.60. The first-order valence-electron chi connectivity index (χ1n) is 7.97. The summed E-state index contributed by atoms with van der Waals surface area (Å²) in [7, 11) is -3.56. The summed E-state index contributed by atoms with van der Waals surface area (Å²) in [6, 6.07) is 9.06. The molecule has 0 amide bonds. The van der Waals surface area contributed by atoms with Gasteiger partial charge in [-0.1, -0.05) is 12.1 Å². The Labute approximate surface area is 150 Å². The van der Waals surface area contributed by atoms with E-state index >= 15 is 0 Å². The highest BCUT2D eigenvalue weighted by molar-refractivity contribution is 7.89. The Kier molecular flexibility index (Phi) is 4.46. The van der Waals surface area contributed by atoms with Gasteiger partial charge in [-0.25, -0.2) is 8.42 Å². The van der Waals surface area contributed by atoms with Crippen molar-refractivity contribution >= 4 is 32.8 Å². The number of sulfonamides is 1. The fourth-order valence-corrected chi connectivity index (χ4v) is 5.18. The molecule has 1 fully saturated rings. The van der Waals surface area contributed by atoms with Crippen LogP contribution in [0, 0.1) is 0 Å². The minimum atomic E-state index is -3.56. The van der Waals surface area contributed by atoms with Gasteiger partial charge in [-0.2, -0.15) is 13.1 Å². The van der Waals surface area contributed by atoms with Crippen LogP contribution in [0.15, 0.2) is 47.6 Å². The predicted octanol–water partition coefficient (Wildman–Crippen LogP) is 1.59. The Morgan fingerprint density at radius 3 is 2.64 bits per heavy atom. The number of rotatable bonds is 4. The van der Waals surface area contributed by atoms with Gasteiger partial charge in [0, 0.05) is 45.1 Å². The molecule has 1 aliphatic heterocycles. The van der Waals surface area contributed by atoms with Crippen LogP contribution in [0.5, 0.6) is 0 Å². The molecule has 1 aliphatic rings. The molecule has 0 atom stereocenters. The Morgan fingerprint density at radius 2 is 1.88 bits per heavy atom. The van der Waals surface area contributed by atoms with Crippen molar-refractivity contribution in [2.24, 2.45) is 0 Å². The Morgan fingerprint density at radius 1 is 1.04 bits per heavy atom. The summed E-state index contributed by atoms with van der Waals surface area (Å²) in [5.41, 5.74) is 2.23. The zero-order valence-electron chi connectivity index (χ0n) is 13.4. The van der Waals surface area contributed by atoms with Gasteiger partial charge in [0.25, 0.3) is 0 Å². The van der Waals surface area contributed by atoms with Gasteiger partial charge in [0.2, 0.25) is 10.0 Å². The number of nitrogens with zero attached hydrogens (tertiary/aromatic N) is 5. The molecule has 9 heteroatoms. The Balaban J connectivity index is 1.49. The molecule has 0 spiro atoms. The number of fused-ring (bicyclic) bond motifs is 1. The number of aromatic nitrogens is 3. The van der Waals surface area contributed by atoms with Crippen LogP contribution in [0.3, 0.4) is 0 Å². The van der Waals surface area contributed by atoms with Crippen LogP contribution in [0.2, 0.25) is 0 Å². The van der Waals surface area contributed by atoms with Crippen LogP contribution < -0.4 is 0 Å². The number of benzene rings is 1. The normalized spacial score (nSPS) is 17.1. The second-order valence-corrected chi connectivity index (χ2v) is 8.36. The highest BCUT2D eigenvalue weighted by Crippen LogP contribution is 2.25. The van der Waals surface area contributed by atoms with Crippen LogP contribution in [-0.2, 0) is 16.6 Å². The Hall–Kier alpha value is -1.94. The van der Waals surface area contributed by atoms with E-state index in [0.29, 0.717) is 37.2 Å². The van der Waals surface area contributed by atoms with Crippen molar-refractivity contribution in [3.8, 4) is 0 Å². The molecule has 0 bridgehead atoms. The zero-order valence-corrected chi connectivity index (χ0v) is 15.1. The fraction of sp³-hybridized carbons (Fsp3) is 0.312. The number of hydrogen-bond acceptors (Lipinski definition) is 7. The summed E-state index contributed by atoms with van der Waals surface area (Å²) in [4.78, 5) is 6.62. The zero-order chi connectivity index (χ0) is 17.3. The van der Waals surface area contributed by atoms with E-state index in [1.807, 2.05) is 18.3 Å². The largest absolute Gasteiger partial charge is 0.296 e. The number of pyridine rings is 1. The SMILES string of the molecule is O=S(=O)(c1cccc2nsnc12)N1CCN(Cc2cccnc2)CC1. The lowest BCUT2D eigenvalue weighted by atomic mass is 10.2. The summed E-state index contributed by atoms with van der Waals surface area (Å²) >= 11 is 1.03. The first-order chi connectivity index (χ1) is 12.1. The van der Waals surface area contributed by atoms with Gasteiger partial charge in [-0.15, -0.1) is 0 Å². The molecule has 130 valence electrons. The molecule has 4 rings (SSSR count). The summed E-state index contributed by atoms with van der Waals surface area (Å²) < 4.78 is 35.8. The first-order valence-corrected chi connectivity index (χ1v) is 10.1. The summed E-state index contributed by atoms with van der Waals surface area (Å²) in [6.45, 7) is 3.11. The predicted molar refractivity (Wildman–Crippen MR) is 95.7 cm³/mol. The second-order valence-electron chi connectivity index (χ2n) is 5.93. The standard InChI is InChI=1S/C16H17N5O2S2/c22-25(23,15-5-1-4-14-16(15)19-24-18-14)21-9-7-20(8-10-21)12-13-3-2-6-17-11-13/h1-6,11H,7-10,12H2. The van der Waals surface area contributed by atoms with Gasteiger partial charge in [0.1, 0.15) is 15.9 Å². The van der Waals surface area contributed by atoms with Gasteiger partial charge in [0.15, 0.2) is 0 Å². The third-order valence-corrected chi connectivity index (χ3v) is 6.80. The van der Waals surface area contributed by atoms with E-state index in [4.69, 9.17) is 0 Å². The third kappa shape index (κ3) is 3.28. The third-order valence-electron chi connectivity index (χ3n) is 4.33. The average Bonchev–Trinajstić information content (AvgIpc) is 3.11. The molecule has 0 radical (unpaired) electrons. The lowest BCUT2D eigenvalue weighted by Crippen LogP contribution is -2.48. The van der Waals surface area contributed by atoms with E-state index < -0.39 is 10.0 Å². The average molecular weight is 375 g/mol. The minimum Gasteiger partial charge on any atom is -0.296 e. The van der Waals surface area contributed by atoms with Crippen LogP contribution in [-0.4, -0.2) is 57.5 Å². The van der Waals surface area contributed by atoms with Gasteiger partial charge in [-0.3, -0.25) is 9.88 Å². The molecule has 0 saturated carbocycles. The van der Waals surface area contributed by atoms with Gasteiger partial charge in [-0.05, 0) is 23.8 Å². The molecule has 25 heavy (non-hydrogen) atoms. The van der Waals surface area contributed by atoms with Crippen molar-refractivity contribution in [2.75, 3.05) is 26.2 Å². The van der Waals surface area contributed by atoms with Crippen molar-refractivity contribution in [2.45, 2.75) is 11.4 Å². The summed E-state index contributed by atoms with van der Waals surface area (Å²) in [5.74, 6) is 0. The molecule has 0 N–H and O–H groups in total. The highest BCUT2D eigenvalue weighted by Gasteiger charge is 2.30. The maximum absolute atomic E-state index is 13.0. The van der Waals surface area contributed by atoms with Gasteiger partial charge >= 0.3 is 0 Å². The molecule has 1 aromatic carbocycles. The fourth-order valence-electron chi connectivity index (χ4n) is 3.01. The van der Waals surface area contributed by atoms with Crippen LogP contribution in [0.25, 0.3) is 11.0 Å². The maximum atomic E-state index is 13.0. The molecule has 7 nitrogen and oxygen atoms in total. The molecule has 3 aromatic rings. The van der Waals surface area contributed by atoms with E-state index in [1.165, 1.54) is 0 Å². The quantitative estimate of drug-likeness (QED) is 0.689. The van der Waals surface area contributed by atoms with Crippen molar-refractivity contribution in [3.05, 3.63) is 48.3 Å². The van der Waals surface area contributed by atoms with Gasteiger partial charge in [0.05, 0.1) is 11.7 Å². The summed E-state index contributed by atoms with van der Waals surface area (Å²) in [5, 5.41) is 0. The molecule has 0 aliphatic carbocycles. The van der Waals surface area contributed by atoms with E-state index in [1.54, 1.807) is 28.7 Å². The molecular formula is C16H17N5O2S2. The lowest BCUT2D eigenvalue weighted by Gasteiger charge is -2.33. The highest BCUT2D eigenvalue weighted by atomic mass is 32.2. The number of piperazine rings is 1. The monoisotopic (exact) mass is 375 g/mol.